The van der Waals surface area contributed by atoms with Crippen molar-refractivity contribution in [1.29, 1.82) is 0 Å². The van der Waals surface area contributed by atoms with Gasteiger partial charge in [-0.3, -0.25) is 14.2 Å². The number of allylic oxidation sites excluding steroid dienone is 1. The quantitative estimate of drug-likeness (QED) is 0.581. The Morgan fingerprint density at radius 3 is 3.00 bits per heavy atom. The lowest BCUT2D eigenvalue weighted by molar-refractivity contribution is -0.132. The summed E-state index contributed by atoms with van der Waals surface area (Å²) in [6.45, 7) is 5.31. The predicted octanol–water partition coefficient (Wildman–Crippen LogP) is 1.54. The molecule has 1 atom stereocenters. The molecule has 2 aromatic heterocycles. The summed E-state index contributed by atoms with van der Waals surface area (Å²) in [5.74, 6) is 0.790. The van der Waals surface area contributed by atoms with E-state index in [1.165, 1.54) is 11.8 Å². The third kappa shape index (κ3) is 3.98. The SMILES string of the molecule is C=CCn1c(SCC(=O)N2CCCC(C(N)=O)C2)nnc1-c1ccco1. The standard InChI is InChI=1S/C17H21N5O3S/c1-2-7-22-16(13-6-4-9-25-13)19-20-17(22)26-11-14(23)21-8-3-5-12(10-21)15(18)24/h2,4,6,9,12H,1,3,5,7-8,10-11H2,(H2,18,24). The van der Waals surface area contributed by atoms with Gasteiger partial charge in [-0.05, 0) is 25.0 Å². The van der Waals surface area contributed by atoms with Crippen LogP contribution in [0.15, 0.2) is 40.6 Å². The molecule has 138 valence electrons. The van der Waals surface area contributed by atoms with Crippen molar-refractivity contribution < 1.29 is 14.0 Å². The summed E-state index contributed by atoms with van der Waals surface area (Å²) in [4.78, 5) is 25.6. The van der Waals surface area contributed by atoms with Crippen molar-refractivity contribution in [2.45, 2.75) is 24.5 Å². The molecule has 1 unspecified atom stereocenters. The summed E-state index contributed by atoms with van der Waals surface area (Å²) in [6, 6.07) is 3.59. The molecule has 3 heterocycles. The Morgan fingerprint density at radius 2 is 2.31 bits per heavy atom. The van der Waals surface area contributed by atoms with Gasteiger partial charge in [-0.1, -0.05) is 17.8 Å². The monoisotopic (exact) mass is 375 g/mol. The van der Waals surface area contributed by atoms with E-state index in [0.717, 1.165) is 12.8 Å². The Kier molecular flexibility index (Phi) is 5.77. The molecule has 8 nitrogen and oxygen atoms in total. The fraction of sp³-hybridized carbons (Fsp3) is 0.412. The van der Waals surface area contributed by atoms with E-state index < -0.39 is 0 Å². The van der Waals surface area contributed by atoms with Crippen LogP contribution in [0, 0.1) is 5.92 Å². The largest absolute Gasteiger partial charge is 0.461 e. The molecule has 1 fully saturated rings. The van der Waals surface area contributed by atoms with Gasteiger partial charge in [-0.15, -0.1) is 16.8 Å². The van der Waals surface area contributed by atoms with E-state index >= 15 is 0 Å². The van der Waals surface area contributed by atoms with Crippen molar-refractivity contribution in [2.24, 2.45) is 11.7 Å². The topological polar surface area (TPSA) is 107 Å². The summed E-state index contributed by atoms with van der Waals surface area (Å²) >= 11 is 1.31. The highest BCUT2D eigenvalue weighted by molar-refractivity contribution is 7.99. The summed E-state index contributed by atoms with van der Waals surface area (Å²) < 4.78 is 7.24. The van der Waals surface area contributed by atoms with Crippen molar-refractivity contribution >= 4 is 23.6 Å². The number of primary amides is 1. The van der Waals surface area contributed by atoms with Crippen LogP contribution in [-0.4, -0.2) is 50.3 Å². The predicted molar refractivity (Wildman–Crippen MR) is 97.1 cm³/mol. The molecule has 2 N–H and O–H groups in total. The van der Waals surface area contributed by atoms with Gasteiger partial charge in [-0.25, -0.2) is 0 Å². The normalized spacial score (nSPS) is 17.2. The number of furan rings is 1. The molecule has 3 rings (SSSR count). The number of carbonyl (C=O) groups is 2. The maximum Gasteiger partial charge on any atom is 0.233 e. The van der Waals surface area contributed by atoms with E-state index in [-0.39, 0.29) is 23.5 Å². The van der Waals surface area contributed by atoms with Crippen molar-refractivity contribution in [3.05, 3.63) is 31.1 Å². The van der Waals surface area contributed by atoms with Crippen molar-refractivity contribution in [3.63, 3.8) is 0 Å². The number of likely N-dealkylation sites (tertiary alicyclic amines) is 1. The molecule has 1 aliphatic heterocycles. The average molecular weight is 375 g/mol. The van der Waals surface area contributed by atoms with Gasteiger partial charge in [0.25, 0.3) is 0 Å². The highest BCUT2D eigenvalue weighted by Gasteiger charge is 2.27. The van der Waals surface area contributed by atoms with Gasteiger partial charge in [-0.2, -0.15) is 0 Å². The first-order valence-electron chi connectivity index (χ1n) is 8.38. The fourth-order valence-corrected chi connectivity index (χ4v) is 3.78. The van der Waals surface area contributed by atoms with Crippen LogP contribution in [0.5, 0.6) is 0 Å². The van der Waals surface area contributed by atoms with E-state index in [4.69, 9.17) is 10.2 Å². The number of thioether (sulfide) groups is 1. The number of piperidine rings is 1. The molecular weight excluding hydrogens is 354 g/mol. The highest BCUT2D eigenvalue weighted by Crippen LogP contribution is 2.25. The zero-order valence-electron chi connectivity index (χ0n) is 14.3. The summed E-state index contributed by atoms with van der Waals surface area (Å²) in [7, 11) is 0. The van der Waals surface area contributed by atoms with Gasteiger partial charge < -0.3 is 15.1 Å². The van der Waals surface area contributed by atoms with E-state index in [0.29, 0.717) is 36.4 Å². The molecule has 0 radical (unpaired) electrons. The zero-order valence-corrected chi connectivity index (χ0v) is 15.2. The Labute approximate surface area is 155 Å². The molecule has 9 heteroatoms. The van der Waals surface area contributed by atoms with Gasteiger partial charge in [0.2, 0.25) is 17.6 Å². The molecule has 0 aromatic carbocycles. The number of rotatable bonds is 7. The number of hydrogen-bond acceptors (Lipinski definition) is 6. The Bertz CT molecular complexity index is 786. The third-order valence-corrected chi connectivity index (χ3v) is 5.22. The van der Waals surface area contributed by atoms with E-state index in [2.05, 4.69) is 16.8 Å². The van der Waals surface area contributed by atoms with Crippen LogP contribution in [0.25, 0.3) is 11.6 Å². The van der Waals surface area contributed by atoms with Gasteiger partial charge in [0.15, 0.2) is 10.9 Å². The molecule has 2 amide bonds. The molecule has 26 heavy (non-hydrogen) atoms. The Hall–Kier alpha value is -2.55. The van der Waals surface area contributed by atoms with Crippen LogP contribution in [-0.2, 0) is 16.1 Å². The minimum Gasteiger partial charge on any atom is -0.461 e. The first-order chi connectivity index (χ1) is 12.6. The van der Waals surface area contributed by atoms with Crippen LogP contribution in [0.2, 0.25) is 0 Å². The number of aromatic nitrogens is 3. The Morgan fingerprint density at radius 1 is 1.46 bits per heavy atom. The van der Waals surface area contributed by atoms with Gasteiger partial charge in [0.05, 0.1) is 17.9 Å². The molecule has 0 aliphatic carbocycles. The zero-order chi connectivity index (χ0) is 18.5. The van der Waals surface area contributed by atoms with Gasteiger partial charge >= 0.3 is 0 Å². The maximum absolute atomic E-state index is 12.5. The second-order valence-electron chi connectivity index (χ2n) is 6.05. The average Bonchev–Trinajstić information content (AvgIpc) is 3.30. The van der Waals surface area contributed by atoms with E-state index in [9.17, 15) is 9.59 Å². The second-order valence-corrected chi connectivity index (χ2v) is 7.00. The first kappa shape index (κ1) is 18.2. The number of nitrogens with zero attached hydrogens (tertiary/aromatic N) is 4. The molecular formula is C17H21N5O3S. The van der Waals surface area contributed by atoms with Crippen molar-refractivity contribution in [1.82, 2.24) is 19.7 Å². The first-order valence-corrected chi connectivity index (χ1v) is 9.36. The molecule has 1 saturated heterocycles. The van der Waals surface area contributed by atoms with Crippen molar-refractivity contribution in [3.8, 4) is 11.6 Å². The third-order valence-electron chi connectivity index (χ3n) is 4.27. The number of amides is 2. The molecule has 0 spiro atoms. The molecule has 0 saturated carbocycles. The van der Waals surface area contributed by atoms with Crippen LogP contribution in [0.4, 0.5) is 0 Å². The highest BCUT2D eigenvalue weighted by atomic mass is 32.2. The lowest BCUT2D eigenvalue weighted by Gasteiger charge is -2.31. The summed E-state index contributed by atoms with van der Waals surface area (Å²) in [6.07, 6.45) is 4.85. The Balaban J connectivity index is 1.66. The van der Waals surface area contributed by atoms with Crippen LogP contribution < -0.4 is 5.73 Å². The lowest BCUT2D eigenvalue weighted by Crippen LogP contribution is -2.44. The van der Waals surface area contributed by atoms with Crippen LogP contribution >= 0.6 is 11.8 Å². The maximum atomic E-state index is 12.5. The van der Waals surface area contributed by atoms with Gasteiger partial charge in [0, 0.05) is 19.6 Å². The van der Waals surface area contributed by atoms with Crippen LogP contribution in [0.1, 0.15) is 12.8 Å². The lowest BCUT2D eigenvalue weighted by atomic mass is 9.97. The van der Waals surface area contributed by atoms with Gasteiger partial charge in [0.1, 0.15) is 0 Å². The molecule has 1 aliphatic rings. The van der Waals surface area contributed by atoms with Crippen LogP contribution in [0.3, 0.4) is 0 Å². The van der Waals surface area contributed by atoms with Crippen molar-refractivity contribution in [2.75, 3.05) is 18.8 Å². The molecule has 2 aromatic rings. The van der Waals surface area contributed by atoms with E-state index in [1.54, 1.807) is 29.4 Å². The smallest absolute Gasteiger partial charge is 0.233 e. The fourth-order valence-electron chi connectivity index (χ4n) is 2.93. The second kappa shape index (κ2) is 8.22. The minimum atomic E-state index is -0.344. The van der Waals surface area contributed by atoms with E-state index in [1.807, 2.05) is 4.57 Å². The summed E-state index contributed by atoms with van der Waals surface area (Å²) in [5, 5.41) is 8.96. The summed E-state index contributed by atoms with van der Waals surface area (Å²) in [5.41, 5.74) is 5.37. The minimum absolute atomic E-state index is 0.0337. The number of hydrogen-bond donors (Lipinski definition) is 1. The number of carbonyl (C=O) groups excluding carboxylic acids is 2. The number of nitrogens with two attached hydrogens (primary N) is 1. The molecule has 0 bridgehead atoms.